The largest absolute Gasteiger partial charge is 0.493 e. The van der Waals surface area contributed by atoms with Crippen molar-refractivity contribution in [2.24, 2.45) is 0 Å². The molecule has 0 aliphatic carbocycles. The van der Waals surface area contributed by atoms with Gasteiger partial charge in [-0.2, -0.15) is 0 Å². The molecule has 0 unspecified atom stereocenters. The Kier molecular flexibility index (Phi) is 6.18. The van der Waals surface area contributed by atoms with Crippen LogP contribution in [0.2, 0.25) is 0 Å². The molecule has 1 heterocycles. The van der Waals surface area contributed by atoms with Gasteiger partial charge in [-0.15, -0.1) is 0 Å². The quantitative estimate of drug-likeness (QED) is 0.751. The lowest BCUT2D eigenvalue weighted by molar-refractivity contribution is -0.137. The molecule has 4 nitrogen and oxygen atoms in total. The zero-order chi connectivity index (χ0) is 15.6. The summed E-state index contributed by atoms with van der Waals surface area (Å²) in [6.07, 6.45) is 7.20. The fourth-order valence-corrected chi connectivity index (χ4v) is 1.96. The van der Waals surface area contributed by atoms with E-state index in [9.17, 15) is 4.79 Å². The van der Waals surface area contributed by atoms with Gasteiger partial charge in [0.05, 0.1) is 12.3 Å². The average molecular weight is 297 g/mol. The van der Waals surface area contributed by atoms with Crippen molar-refractivity contribution in [1.82, 2.24) is 4.98 Å². The predicted molar refractivity (Wildman–Crippen MR) is 86.6 cm³/mol. The number of aromatic nitrogens is 1. The molecule has 2 rings (SSSR count). The molecule has 0 aliphatic heterocycles. The Hall–Kier alpha value is -2.62. The van der Waals surface area contributed by atoms with Gasteiger partial charge in [0.15, 0.2) is 0 Å². The van der Waals surface area contributed by atoms with Crippen LogP contribution in [0.15, 0.2) is 48.7 Å². The lowest BCUT2D eigenvalue weighted by atomic mass is 10.1. The SMILES string of the molecule is O=C(O)CCCCOc1ccccc1/C=C/c1ccccn1. The third-order valence-corrected chi connectivity index (χ3v) is 3.08. The highest BCUT2D eigenvalue weighted by Crippen LogP contribution is 2.20. The summed E-state index contributed by atoms with van der Waals surface area (Å²) in [7, 11) is 0. The van der Waals surface area contributed by atoms with Gasteiger partial charge in [-0.3, -0.25) is 9.78 Å². The summed E-state index contributed by atoms with van der Waals surface area (Å²) in [5.74, 6) is 0.0312. The molecule has 4 heteroatoms. The zero-order valence-electron chi connectivity index (χ0n) is 12.3. The first kappa shape index (κ1) is 15.8. The van der Waals surface area contributed by atoms with Crippen molar-refractivity contribution in [3.05, 3.63) is 59.9 Å². The lowest BCUT2D eigenvalue weighted by Gasteiger charge is -2.08. The number of pyridine rings is 1. The molecule has 0 saturated carbocycles. The van der Waals surface area contributed by atoms with Crippen LogP contribution in [0.25, 0.3) is 12.2 Å². The molecule has 1 aromatic heterocycles. The van der Waals surface area contributed by atoms with Gasteiger partial charge in [-0.1, -0.05) is 24.3 Å². The Labute approximate surface area is 130 Å². The van der Waals surface area contributed by atoms with Gasteiger partial charge in [0.1, 0.15) is 5.75 Å². The van der Waals surface area contributed by atoms with Gasteiger partial charge in [0.25, 0.3) is 0 Å². The molecule has 0 bridgehead atoms. The first-order valence-electron chi connectivity index (χ1n) is 7.28. The number of benzene rings is 1. The lowest BCUT2D eigenvalue weighted by Crippen LogP contribution is -2.01. The summed E-state index contributed by atoms with van der Waals surface area (Å²) in [6, 6.07) is 13.5. The number of ether oxygens (including phenoxy) is 1. The van der Waals surface area contributed by atoms with Crippen LogP contribution in [0.3, 0.4) is 0 Å². The van der Waals surface area contributed by atoms with Gasteiger partial charge < -0.3 is 9.84 Å². The molecule has 22 heavy (non-hydrogen) atoms. The van der Waals surface area contributed by atoms with Crippen molar-refractivity contribution in [3.63, 3.8) is 0 Å². The van der Waals surface area contributed by atoms with Crippen molar-refractivity contribution in [3.8, 4) is 5.75 Å². The minimum atomic E-state index is -0.765. The molecule has 2 aromatic rings. The molecular weight excluding hydrogens is 278 g/mol. The van der Waals surface area contributed by atoms with Crippen LogP contribution in [0.4, 0.5) is 0 Å². The highest BCUT2D eigenvalue weighted by Gasteiger charge is 2.01. The Morgan fingerprint density at radius 3 is 2.68 bits per heavy atom. The van der Waals surface area contributed by atoms with Gasteiger partial charge in [-0.25, -0.2) is 0 Å². The van der Waals surface area contributed by atoms with E-state index in [2.05, 4.69) is 4.98 Å². The highest BCUT2D eigenvalue weighted by molar-refractivity contribution is 5.71. The molecule has 0 atom stereocenters. The fraction of sp³-hybridized carbons (Fsp3) is 0.222. The third-order valence-electron chi connectivity index (χ3n) is 3.08. The van der Waals surface area contributed by atoms with Crippen molar-refractivity contribution >= 4 is 18.1 Å². The molecule has 0 saturated heterocycles. The van der Waals surface area contributed by atoms with Crippen LogP contribution in [0.5, 0.6) is 5.75 Å². The Balaban J connectivity index is 1.92. The summed E-state index contributed by atoms with van der Waals surface area (Å²) in [5, 5.41) is 8.60. The van der Waals surface area contributed by atoms with Crippen molar-refractivity contribution in [1.29, 1.82) is 0 Å². The van der Waals surface area contributed by atoms with Crippen molar-refractivity contribution in [2.45, 2.75) is 19.3 Å². The third kappa shape index (κ3) is 5.40. The number of carboxylic acids is 1. The Morgan fingerprint density at radius 2 is 1.91 bits per heavy atom. The second-order valence-electron chi connectivity index (χ2n) is 4.83. The number of hydrogen-bond acceptors (Lipinski definition) is 3. The maximum atomic E-state index is 10.5. The van der Waals surface area contributed by atoms with E-state index in [0.29, 0.717) is 13.0 Å². The summed E-state index contributed by atoms with van der Waals surface area (Å²) in [5.41, 5.74) is 1.87. The van der Waals surface area contributed by atoms with Crippen LogP contribution < -0.4 is 4.74 Å². The number of para-hydroxylation sites is 1. The van der Waals surface area contributed by atoms with Gasteiger partial charge >= 0.3 is 5.97 Å². The number of unbranched alkanes of at least 4 members (excludes halogenated alkanes) is 1. The normalized spacial score (nSPS) is 10.7. The van der Waals surface area contributed by atoms with E-state index in [0.717, 1.165) is 23.4 Å². The van der Waals surface area contributed by atoms with Crippen LogP contribution in [0, 0.1) is 0 Å². The monoisotopic (exact) mass is 297 g/mol. The minimum absolute atomic E-state index is 0.185. The maximum Gasteiger partial charge on any atom is 0.303 e. The van der Waals surface area contributed by atoms with Crippen LogP contribution >= 0.6 is 0 Å². The van der Waals surface area contributed by atoms with Crippen molar-refractivity contribution in [2.75, 3.05) is 6.61 Å². The van der Waals surface area contributed by atoms with Crippen LogP contribution in [-0.4, -0.2) is 22.7 Å². The molecule has 0 amide bonds. The molecule has 0 radical (unpaired) electrons. The van der Waals surface area contributed by atoms with Gasteiger partial charge in [-0.05, 0) is 43.2 Å². The smallest absolute Gasteiger partial charge is 0.303 e. The van der Waals surface area contributed by atoms with E-state index in [1.165, 1.54) is 0 Å². The van der Waals surface area contributed by atoms with Gasteiger partial charge in [0, 0.05) is 18.2 Å². The van der Waals surface area contributed by atoms with E-state index in [1.54, 1.807) is 6.20 Å². The van der Waals surface area contributed by atoms with E-state index < -0.39 is 5.97 Å². The number of rotatable bonds is 8. The summed E-state index contributed by atoms with van der Waals surface area (Å²) in [6.45, 7) is 0.516. The number of nitrogens with zero attached hydrogens (tertiary/aromatic N) is 1. The molecule has 0 fully saturated rings. The molecule has 1 aromatic carbocycles. The van der Waals surface area contributed by atoms with E-state index >= 15 is 0 Å². The van der Waals surface area contributed by atoms with Crippen molar-refractivity contribution < 1.29 is 14.6 Å². The summed E-state index contributed by atoms with van der Waals surface area (Å²) in [4.78, 5) is 14.7. The Bertz CT molecular complexity index is 623. The Morgan fingerprint density at radius 1 is 1.09 bits per heavy atom. The molecular formula is C18H19NO3. The number of aliphatic carboxylic acids is 1. The average Bonchev–Trinajstić information content (AvgIpc) is 2.54. The molecule has 1 N–H and O–H groups in total. The predicted octanol–water partition coefficient (Wildman–Crippen LogP) is 3.89. The molecule has 0 spiro atoms. The van der Waals surface area contributed by atoms with Crippen LogP contribution in [-0.2, 0) is 4.79 Å². The fourth-order valence-electron chi connectivity index (χ4n) is 1.96. The number of hydrogen-bond donors (Lipinski definition) is 1. The zero-order valence-corrected chi connectivity index (χ0v) is 12.3. The van der Waals surface area contributed by atoms with Crippen LogP contribution in [0.1, 0.15) is 30.5 Å². The maximum absolute atomic E-state index is 10.5. The first-order chi connectivity index (χ1) is 10.8. The standard InChI is InChI=1S/C18H19NO3/c20-18(21)10-4-6-14-22-17-9-2-1-7-15(17)11-12-16-8-3-5-13-19-16/h1-3,5,7-9,11-13H,4,6,10,14H2,(H,20,21)/b12-11+. The highest BCUT2D eigenvalue weighted by atomic mass is 16.5. The van der Waals surface area contributed by atoms with E-state index in [-0.39, 0.29) is 6.42 Å². The topological polar surface area (TPSA) is 59.4 Å². The molecule has 0 aliphatic rings. The summed E-state index contributed by atoms with van der Waals surface area (Å²) < 4.78 is 5.74. The second kappa shape index (κ2) is 8.62. The first-order valence-corrected chi connectivity index (χ1v) is 7.28. The minimum Gasteiger partial charge on any atom is -0.493 e. The second-order valence-corrected chi connectivity index (χ2v) is 4.83. The molecule has 114 valence electrons. The summed E-state index contributed by atoms with van der Waals surface area (Å²) >= 11 is 0. The van der Waals surface area contributed by atoms with E-state index in [4.69, 9.17) is 9.84 Å². The number of carbonyl (C=O) groups is 1. The van der Waals surface area contributed by atoms with Gasteiger partial charge in [0.2, 0.25) is 0 Å². The number of carboxylic acid groups (broad SMARTS) is 1. The van der Waals surface area contributed by atoms with E-state index in [1.807, 2.05) is 54.6 Å².